The van der Waals surface area contributed by atoms with E-state index in [2.05, 4.69) is 41.5 Å². The zero-order valence-corrected chi connectivity index (χ0v) is 69.4. The number of carbonyl (C=O) groups excluding carboxylic acids is 4. The lowest BCUT2D eigenvalue weighted by Crippen LogP contribution is -2.30. The number of phosphoric ester groups is 2. The number of hydrogen-bond acceptors (Lipinski definition) is 15. The van der Waals surface area contributed by atoms with E-state index in [1.807, 2.05) is 0 Å². The molecule has 17 nitrogen and oxygen atoms in total. The molecule has 0 aromatic rings. The van der Waals surface area contributed by atoms with Crippen LogP contribution in [0.4, 0.5) is 0 Å². The summed E-state index contributed by atoms with van der Waals surface area (Å²) in [5, 5.41) is 10.7. The van der Waals surface area contributed by atoms with Crippen molar-refractivity contribution in [1.29, 1.82) is 0 Å². The minimum atomic E-state index is -4.96. The Morgan fingerprint density at radius 2 is 0.495 bits per heavy atom. The maximum Gasteiger partial charge on any atom is 0.472 e. The van der Waals surface area contributed by atoms with Gasteiger partial charge in [-0.2, -0.15) is 0 Å². The van der Waals surface area contributed by atoms with Gasteiger partial charge in [-0.25, -0.2) is 9.13 Å². The first-order valence-electron chi connectivity index (χ1n) is 43.5. The molecular weight excluding hydrogens is 1340 g/mol. The van der Waals surface area contributed by atoms with E-state index in [4.69, 9.17) is 37.0 Å². The second-order valence-electron chi connectivity index (χ2n) is 30.9. The van der Waals surface area contributed by atoms with Gasteiger partial charge in [0.25, 0.3) is 0 Å². The molecule has 3 N–H and O–H groups in total. The monoisotopic (exact) mass is 1510 g/mol. The van der Waals surface area contributed by atoms with Crippen LogP contribution < -0.4 is 0 Å². The van der Waals surface area contributed by atoms with Gasteiger partial charge in [0, 0.05) is 25.7 Å². The predicted octanol–water partition coefficient (Wildman–Crippen LogP) is 25.5. The summed E-state index contributed by atoms with van der Waals surface area (Å²) in [6.07, 6.45) is 66.6. The molecule has 0 amide bonds. The first kappa shape index (κ1) is 101. The molecular formula is C84H164O17P2. The van der Waals surface area contributed by atoms with Crippen LogP contribution in [0.2, 0.25) is 0 Å². The fourth-order valence-electron chi connectivity index (χ4n) is 13.0. The van der Waals surface area contributed by atoms with E-state index in [-0.39, 0.29) is 25.7 Å². The maximum atomic E-state index is 13.1. The number of aliphatic hydroxyl groups is 1. The van der Waals surface area contributed by atoms with Gasteiger partial charge in [-0.3, -0.25) is 37.3 Å². The van der Waals surface area contributed by atoms with E-state index < -0.39 is 97.5 Å². The van der Waals surface area contributed by atoms with Crippen LogP contribution in [0.5, 0.6) is 0 Å². The maximum absolute atomic E-state index is 13.1. The highest BCUT2D eigenvalue weighted by Crippen LogP contribution is 2.45. The highest BCUT2D eigenvalue weighted by molar-refractivity contribution is 7.47. The first-order valence-corrected chi connectivity index (χ1v) is 46.5. The third-order valence-electron chi connectivity index (χ3n) is 20.1. The van der Waals surface area contributed by atoms with Crippen molar-refractivity contribution in [2.45, 2.75) is 464 Å². The van der Waals surface area contributed by atoms with Crippen LogP contribution >= 0.6 is 15.6 Å². The number of rotatable bonds is 83. The van der Waals surface area contributed by atoms with E-state index in [1.165, 1.54) is 263 Å². The van der Waals surface area contributed by atoms with Gasteiger partial charge in [-0.05, 0) is 37.5 Å². The lowest BCUT2D eigenvalue weighted by molar-refractivity contribution is -0.161. The number of ether oxygens (including phenoxy) is 4. The van der Waals surface area contributed by atoms with Gasteiger partial charge in [0.05, 0.1) is 26.4 Å². The molecule has 0 aliphatic rings. The van der Waals surface area contributed by atoms with Crippen LogP contribution in [0.1, 0.15) is 446 Å². The zero-order valence-electron chi connectivity index (χ0n) is 67.6. The SMILES string of the molecule is CCCCCCCCCCCCCCCCCCCCCCCC(=O)O[C@H](COC(=O)CCCCCCCCCCCCCCCCC(C)CC)COP(=O)(O)OC[C@@H](O)COP(=O)(O)OC[C@@H](COC(=O)CCCCCCCCCCC)OC(=O)CCCCCCCCCCCCCCC(C)C. The largest absolute Gasteiger partial charge is 0.472 e. The number of aliphatic hydroxyl groups excluding tert-OH is 1. The molecule has 0 heterocycles. The van der Waals surface area contributed by atoms with Crippen molar-refractivity contribution in [1.82, 2.24) is 0 Å². The first-order chi connectivity index (χ1) is 49.9. The summed E-state index contributed by atoms with van der Waals surface area (Å²) in [5.74, 6) is -0.479. The normalized spacial score (nSPS) is 14.1. The lowest BCUT2D eigenvalue weighted by atomic mass is 9.99. The van der Waals surface area contributed by atoms with Crippen molar-refractivity contribution in [3.8, 4) is 0 Å². The molecule has 103 heavy (non-hydrogen) atoms. The number of esters is 4. The zero-order chi connectivity index (χ0) is 75.6. The number of phosphoric acid groups is 2. The van der Waals surface area contributed by atoms with Crippen molar-refractivity contribution in [2.24, 2.45) is 11.8 Å². The Morgan fingerprint density at radius 1 is 0.282 bits per heavy atom. The van der Waals surface area contributed by atoms with Crippen LogP contribution in [0.25, 0.3) is 0 Å². The van der Waals surface area contributed by atoms with Crippen molar-refractivity contribution < 1.29 is 80.2 Å². The van der Waals surface area contributed by atoms with Gasteiger partial charge in [0.2, 0.25) is 0 Å². The van der Waals surface area contributed by atoms with E-state index >= 15 is 0 Å². The summed E-state index contributed by atoms with van der Waals surface area (Å²) >= 11 is 0. The Bertz CT molecular complexity index is 1980. The van der Waals surface area contributed by atoms with Crippen molar-refractivity contribution in [3.05, 3.63) is 0 Å². The van der Waals surface area contributed by atoms with Gasteiger partial charge in [0.1, 0.15) is 19.3 Å². The average Bonchev–Trinajstić information content (AvgIpc) is 0.917. The average molecular weight is 1510 g/mol. The van der Waals surface area contributed by atoms with E-state index in [1.54, 1.807) is 0 Å². The molecule has 0 saturated heterocycles. The van der Waals surface area contributed by atoms with Crippen molar-refractivity contribution in [3.63, 3.8) is 0 Å². The second-order valence-corrected chi connectivity index (χ2v) is 33.8. The molecule has 6 atom stereocenters. The Morgan fingerprint density at radius 3 is 0.738 bits per heavy atom. The van der Waals surface area contributed by atoms with Crippen molar-refractivity contribution in [2.75, 3.05) is 39.6 Å². The standard InChI is InChI=1S/C84H164O17P2/c1-7-10-12-14-16-18-19-20-21-22-23-24-25-26-27-32-38-44-50-56-62-68-83(88)101-80(73-95-82(87)67-61-55-49-43-37-31-29-28-30-36-42-47-53-59-65-77(6)9-3)75-99-103(92,93)97-71-78(85)70-96-102(90,91)98-74-79(72-94-81(86)66-60-54-48-40-17-15-13-11-8-2)100-84(89)69-63-57-51-45-39-34-33-35-41-46-52-58-64-76(4)5/h76-80,85H,7-75H2,1-6H3,(H,90,91)(H,92,93)/t77?,78-,79+,80+/m0/s1. The summed E-state index contributed by atoms with van der Waals surface area (Å²) < 4.78 is 68.8. The smallest absolute Gasteiger partial charge is 0.462 e. The summed E-state index contributed by atoms with van der Waals surface area (Å²) in [4.78, 5) is 73.1. The number of unbranched alkanes of at least 4 members (excludes halogenated alkanes) is 52. The predicted molar refractivity (Wildman–Crippen MR) is 423 cm³/mol. The van der Waals surface area contributed by atoms with Crippen LogP contribution in [-0.4, -0.2) is 96.7 Å². The fraction of sp³-hybridized carbons (Fsp3) is 0.952. The Labute approximate surface area is 632 Å². The molecule has 19 heteroatoms. The summed E-state index contributed by atoms with van der Waals surface area (Å²) in [7, 11) is -9.92. The molecule has 0 fully saturated rings. The minimum Gasteiger partial charge on any atom is -0.462 e. The molecule has 0 aromatic carbocycles. The molecule has 0 bridgehead atoms. The van der Waals surface area contributed by atoms with Gasteiger partial charge in [0.15, 0.2) is 12.2 Å². The number of carbonyl (C=O) groups is 4. The van der Waals surface area contributed by atoms with Crippen molar-refractivity contribution >= 4 is 39.5 Å². The van der Waals surface area contributed by atoms with Crippen LogP contribution in [0.3, 0.4) is 0 Å². The minimum absolute atomic E-state index is 0.107. The van der Waals surface area contributed by atoms with Gasteiger partial charge >= 0.3 is 39.5 Å². The number of hydrogen-bond donors (Lipinski definition) is 3. The molecule has 612 valence electrons. The molecule has 0 spiro atoms. The van der Waals surface area contributed by atoms with Crippen LogP contribution in [0.15, 0.2) is 0 Å². The highest BCUT2D eigenvalue weighted by atomic mass is 31.2. The molecule has 0 aliphatic heterocycles. The summed E-state index contributed by atoms with van der Waals surface area (Å²) in [6.45, 7) is 9.70. The van der Waals surface area contributed by atoms with Gasteiger partial charge in [-0.15, -0.1) is 0 Å². The van der Waals surface area contributed by atoms with Gasteiger partial charge in [-0.1, -0.05) is 395 Å². The van der Waals surface area contributed by atoms with Gasteiger partial charge < -0.3 is 33.8 Å². The lowest BCUT2D eigenvalue weighted by Gasteiger charge is -2.21. The molecule has 0 rings (SSSR count). The fourth-order valence-corrected chi connectivity index (χ4v) is 14.6. The Kier molecular flexibility index (Phi) is 74.1. The second kappa shape index (κ2) is 75.5. The third kappa shape index (κ3) is 76.6. The molecule has 0 radical (unpaired) electrons. The molecule has 3 unspecified atom stereocenters. The quantitative estimate of drug-likeness (QED) is 0.0222. The summed E-state index contributed by atoms with van der Waals surface area (Å²) in [6, 6.07) is 0. The molecule has 0 aromatic heterocycles. The van der Waals surface area contributed by atoms with E-state index in [9.17, 15) is 43.2 Å². The van der Waals surface area contributed by atoms with Crippen LogP contribution in [0, 0.1) is 11.8 Å². The third-order valence-corrected chi connectivity index (χ3v) is 22.0. The van der Waals surface area contributed by atoms with Crippen LogP contribution in [-0.2, 0) is 65.4 Å². The van der Waals surface area contributed by atoms with E-state index in [0.29, 0.717) is 25.7 Å². The molecule has 0 saturated carbocycles. The Balaban J connectivity index is 5.21. The Hall–Kier alpha value is -1.94. The topological polar surface area (TPSA) is 237 Å². The van der Waals surface area contributed by atoms with E-state index in [0.717, 1.165) is 102 Å². The molecule has 0 aliphatic carbocycles. The highest BCUT2D eigenvalue weighted by Gasteiger charge is 2.30. The summed E-state index contributed by atoms with van der Waals surface area (Å²) in [5.41, 5.74) is 0.